The molecule has 0 spiro atoms. The van der Waals surface area contributed by atoms with Crippen molar-refractivity contribution < 1.29 is 28.6 Å². The van der Waals surface area contributed by atoms with Crippen molar-refractivity contribution in [1.82, 2.24) is 0 Å². The summed E-state index contributed by atoms with van der Waals surface area (Å²) in [5.41, 5.74) is 0. The molecular formula is C56H94O6. The van der Waals surface area contributed by atoms with Gasteiger partial charge in [0.25, 0.3) is 0 Å². The van der Waals surface area contributed by atoms with Crippen molar-refractivity contribution in [3.63, 3.8) is 0 Å². The van der Waals surface area contributed by atoms with E-state index in [-0.39, 0.29) is 31.1 Å². The second kappa shape index (κ2) is 50.2. The second-order valence-electron chi connectivity index (χ2n) is 16.7. The maximum atomic E-state index is 12.6. The van der Waals surface area contributed by atoms with Crippen LogP contribution in [0.3, 0.4) is 0 Å². The summed E-state index contributed by atoms with van der Waals surface area (Å²) >= 11 is 0. The lowest BCUT2D eigenvalue weighted by atomic mass is 10.1. The van der Waals surface area contributed by atoms with E-state index in [4.69, 9.17) is 14.2 Å². The van der Waals surface area contributed by atoms with Gasteiger partial charge in [0.05, 0.1) is 0 Å². The molecule has 0 heterocycles. The summed E-state index contributed by atoms with van der Waals surface area (Å²) in [5, 5.41) is 0. The molecule has 0 aliphatic rings. The van der Waals surface area contributed by atoms with Crippen LogP contribution in [0.2, 0.25) is 0 Å². The Balaban J connectivity index is 3.98. The van der Waals surface area contributed by atoms with Crippen LogP contribution < -0.4 is 0 Å². The van der Waals surface area contributed by atoms with Crippen molar-refractivity contribution in [2.45, 2.75) is 239 Å². The third kappa shape index (κ3) is 47.6. The predicted octanol–water partition coefficient (Wildman–Crippen LogP) is 16.8. The van der Waals surface area contributed by atoms with Crippen LogP contribution in [-0.2, 0) is 28.6 Å². The molecule has 0 aromatic heterocycles. The SMILES string of the molecule is CC/C=C\C/C=C\C/C=C\C/C=C\C/C=C\C/C=C\C/C=C\CCCCCCCCCCCC(=O)OCC(COC(=O)CCCCCCC)OC(=O)CCCCCCCCCC. The quantitative estimate of drug-likeness (QED) is 0.0263. The molecule has 6 heteroatoms. The molecule has 0 amide bonds. The average Bonchev–Trinajstić information content (AvgIpc) is 3.27. The second-order valence-corrected chi connectivity index (χ2v) is 16.7. The molecule has 0 aromatic carbocycles. The van der Waals surface area contributed by atoms with Gasteiger partial charge in [0.15, 0.2) is 6.10 Å². The Morgan fingerprint density at radius 3 is 0.984 bits per heavy atom. The van der Waals surface area contributed by atoms with Crippen molar-refractivity contribution in [2.24, 2.45) is 0 Å². The summed E-state index contributed by atoms with van der Waals surface area (Å²) in [4.78, 5) is 37.4. The first-order chi connectivity index (χ1) is 30.5. The first-order valence-electron chi connectivity index (χ1n) is 25.6. The number of esters is 3. The Morgan fingerprint density at radius 2 is 0.629 bits per heavy atom. The fourth-order valence-corrected chi connectivity index (χ4v) is 6.83. The molecule has 0 N–H and O–H groups in total. The number of carbonyl (C=O) groups excluding carboxylic acids is 3. The Labute approximate surface area is 382 Å². The minimum absolute atomic E-state index is 0.0774. The highest BCUT2D eigenvalue weighted by atomic mass is 16.6. The summed E-state index contributed by atoms with van der Waals surface area (Å²) in [6.07, 6.45) is 64.9. The van der Waals surface area contributed by atoms with E-state index in [0.717, 1.165) is 116 Å². The number of hydrogen-bond acceptors (Lipinski definition) is 6. The number of unbranched alkanes of at least 4 members (excludes halogenated alkanes) is 20. The average molecular weight is 863 g/mol. The van der Waals surface area contributed by atoms with Gasteiger partial charge in [0.1, 0.15) is 13.2 Å². The van der Waals surface area contributed by atoms with Gasteiger partial charge in [0, 0.05) is 19.3 Å². The lowest BCUT2D eigenvalue weighted by Gasteiger charge is -2.18. The van der Waals surface area contributed by atoms with E-state index in [1.165, 1.54) is 77.0 Å². The number of hydrogen-bond donors (Lipinski definition) is 0. The maximum Gasteiger partial charge on any atom is 0.306 e. The highest BCUT2D eigenvalue weighted by Crippen LogP contribution is 2.14. The summed E-state index contributed by atoms with van der Waals surface area (Å²) in [7, 11) is 0. The van der Waals surface area contributed by atoms with Crippen molar-refractivity contribution in [2.75, 3.05) is 13.2 Å². The van der Waals surface area contributed by atoms with Crippen molar-refractivity contribution in [3.05, 3.63) is 85.1 Å². The highest BCUT2D eigenvalue weighted by Gasteiger charge is 2.19. The largest absolute Gasteiger partial charge is 0.462 e. The lowest BCUT2D eigenvalue weighted by molar-refractivity contribution is -0.167. The topological polar surface area (TPSA) is 78.9 Å². The molecule has 0 bridgehead atoms. The zero-order chi connectivity index (χ0) is 45.1. The van der Waals surface area contributed by atoms with E-state index in [9.17, 15) is 14.4 Å². The minimum Gasteiger partial charge on any atom is -0.462 e. The molecule has 0 aliphatic heterocycles. The standard InChI is InChI=1S/C56H94O6/c1-4-7-10-13-15-17-18-19-20-21-22-23-24-25-26-27-28-29-30-31-32-33-34-35-36-37-38-39-41-43-46-49-55(58)61-52-53(51-60-54(57)48-45-42-12-9-6-3)62-56(59)50-47-44-40-16-14-11-8-5-2/h7,10,15,17,19-20,22-23,25-26,28-29,31-32,53H,4-6,8-9,11-14,16,18,21,24,27,30,33-52H2,1-3H3/b10-7-,17-15-,20-19-,23-22-,26-25-,29-28-,32-31-. The summed E-state index contributed by atoms with van der Waals surface area (Å²) in [6, 6.07) is 0. The normalized spacial score (nSPS) is 12.8. The van der Waals surface area contributed by atoms with E-state index < -0.39 is 6.10 Å². The Kier molecular flexibility index (Phi) is 47.5. The lowest BCUT2D eigenvalue weighted by Crippen LogP contribution is -2.30. The van der Waals surface area contributed by atoms with Crippen LogP contribution in [0, 0.1) is 0 Å². The molecule has 0 saturated carbocycles. The van der Waals surface area contributed by atoms with Gasteiger partial charge in [0.2, 0.25) is 0 Å². The highest BCUT2D eigenvalue weighted by molar-refractivity contribution is 5.71. The number of ether oxygens (including phenoxy) is 3. The first-order valence-corrected chi connectivity index (χ1v) is 25.6. The molecule has 6 nitrogen and oxygen atoms in total. The summed E-state index contributed by atoms with van der Waals surface area (Å²) in [5.74, 6) is -0.905. The van der Waals surface area contributed by atoms with Gasteiger partial charge >= 0.3 is 17.9 Å². The smallest absolute Gasteiger partial charge is 0.306 e. The zero-order valence-electron chi connectivity index (χ0n) is 40.4. The summed E-state index contributed by atoms with van der Waals surface area (Å²) < 4.78 is 16.6. The van der Waals surface area contributed by atoms with Crippen molar-refractivity contribution in [1.29, 1.82) is 0 Å². The molecule has 354 valence electrons. The Hall–Kier alpha value is -3.41. The molecule has 0 fully saturated rings. The van der Waals surface area contributed by atoms with Crippen LogP contribution in [-0.4, -0.2) is 37.2 Å². The van der Waals surface area contributed by atoms with E-state index >= 15 is 0 Å². The maximum absolute atomic E-state index is 12.6. The molecule has 0 aliphatic carbocycles. The fourth-order valence-electron chi connectivity index (χ4n) is 6.83. The molecule has 1 unspecified atom stereocenters. The Morgan fingerprint density at radius 1 is 0.339 bits per heavy atom. The van der Waals surface area contributed by atoms with Crippen LogP contribution in [0.1, 0.15) is 233 Å². The third-order valence-electron chi connectivity index (χ3n) is 10.7. The summed E-state index contributed by atoms with van der Waals surface area (Å²) in [6.45, 7) is 6.39. The van der Waals surface area contributed by atoms with E-state index in [1.807, 2.05) is 0 Å². The number of allylic oxidation sites excluding steroid dienone is 14. The molecule has 1 atom stereocenters. The number of rotatable bonds is 45. The van der Waals surface area contributed by atoms with Gasteiger partial charge in [-0.2, -0.15) is 0 Å². The van der Waals surface area contributed by atoms with Crippen LogP contribution >= 0.6 is 0 Å². The Bertz CT molecular complexity index is 1220. The third-order valence-corrected chi connectivity index (χ3v) is 10.7. The van der Waals surface area contributed by atoms with Gasteiger partial charge in [-0.15, -0.1) is 0 Å². The predicted molar refractivity (Wildman–Crippen MR) is 265 cm³/mol. The van der Waals surface area contributed by atoms with Crippen molar-refractivity contribution >= 4 is 17.9 Å². The molecule has 62 heavy (non-hydrogen) atoms. The molecule has 0 saturated heterocycles. The number of carbonyl (C=O) groups is 3. The molecule has 0 aromatic rings. The molecular weight excluding hydrogens is 769 g/mol. The van der Waals surface area contributed by atoms with E-state index in [1.54, 1.807) is 0 Å². The van der Waals surface area contributed by atoms with Gasteiger partial charge < -0.3 is 14.2 Å². The molecule has 0 radical (unpaired) electrons. The molecule has 0 rings (SSSR count). The monoisotopic (exact) mass is 863 g/mol. The van der Waals surface area contributed by atoms with Gasteiger partial charge in [-0.3, -0.25) is 14.4 Å². The fraction of sp³-hybridized carbons (Fsp3) is 0.696. The zero-order valence-corrected chi connectivity index (χ0v) is 40.4. The first kappa shape index (κ1) is 58.6. The van der Waals surface area contributed by atoms with Crippen molar-refractivity contribution in [3.8, 4) is 0 Å². The van der Waals surface area contributed by atoms with Gasteiger partial charge in [-0.1, -0.05) is 221 Å². The van der Waals surface area contributed by atoms with E-state index in [2.05, 4.69) is 106 Å². The van der Waals surface area contributed by atoms with Crippen LogP contribution in [0.15, 0.2) is 85.1 Å². The van der Waals surface area contributed by atoms with Crippen LogP contribution in [0.4, 0.5) is 0 Å². The van der Waals surface area contributed by atoms with Gasteiger partial charge in [-0.05, 0) is 77.0 Å². The van der Waals surface area contributed by atoms with E-state index in [0.29, 0.717) is 19.3 Å². The van der Waals surface area contributed by atoms with Gasteiger partial charge in [-0.25, -0.2) is 0 Å². The van der Waals surface area contributed by atoms with Crippen LogP contribution in [0.5, 0.6) is 0 Å². The minimum atomic E-state index is -0.770. The van der Waals surface area contributed by atoms with Crippen LogP contribution in [0.25, 0.3) is 0 Å².